The lowest BCUT2D eigenvalue weighted by molar-refractivity contribution is 0.0706. The number of carbonyl (C=O) groups excluding carboxylic acids is 1. The van der Waals surface area contributed by atoms with E-state index in [2.05, 4.69) is 35.2 Å². The van der Waals surface area contributed by atoms with Crippen LogP contribution in [0.3, 0.4) is 0 Å². The first-order valence-electron chi connectivity index (χ1n) is 9.37. The molecule has 0 unspecified atom stereocenters. The standard InChI is InChI=1S/C23H19N3O2/c27-23(25-28)16-11-9-15(10-12-16)22-18-5-1-3-7-20(18)26(17-13-14-17)21-8-4-2-6-19(21)24-22/h1-12,17,28H,13-14H2,(H,25,27). The van der Waals surface area contributed by atoms with Crippen molar-refractivity contribution >= 4 is 28.7 Å². The lowest BCUT2D eigenvalue weighted by Crippen LogP contribution is -2.21. The van der Waals surface area contributed by atoms with E-state index in [0.29, 0.717) is 11.6 Å². The van der Waals surface area contributed by atoms with Gasteiger partial charge in [0.1, 0.15) is 0 Å². The van der Waals surface area contributed by atoms with Crippen molar-refractivity contribution in [2.24, 2.45) is 4.99 Å². The van der Waals surface area contributed by atoms with Crippen molar-refractivity contribution in [3.63, 3.8) is 0 Å². The fourth-order valence-corrected chi connectivity index (χ4v) is 3.75. The quantitative estimate of drug-likeness (QED) is 0.524. The van der Waals surface area contributed by atoms with Crippen LogP contribution in [0.15, 0.2) is 77.8 Å². The molecule has 138 valence electrons. The molecule has 3 aromatic carbocycles. The van der Waals surface area contributed by atoms with Crippen LogP contribution in [0.5, 0.6) is 0 Å². The summed E-state index contributed by atoms with van der Waals surface area (Å²) in [5.74, 6) is -0.528. The Morgan fingerprint density at radius 1 is 0.929 bits per heavy atom. The van der Waals surface area contributed by atoms with Gasteiger partial charge in [0.05, 0.1) is 22.8 Å². The predicted molar refractivity (Wildman–Crippen MR) is 109 cm³/mol. The summed E-state index contributed by atoms with van der Waals surface area (Å²) in [6, 6.07) is 24.2. The Morgan fingerprint density at radius 3 is 2.32 bits per heavy atom. The second kappa shape index (κ2) is 6.62. The van der Waals surface area contributed by atoms with Crippen LogP contribution in [0.1, 0.15) is 34.3 Å². The van der Waals surface area contributed by atoms with Gasteiger partial charge in [-0.2, -0.15) is 0 Å². The Hall–Kier alpha value is -3.44. The maximum atomic E-state index is 11.6. The van der Waals surface area contributed by atoms with Crippen molar-refractivity contribution in [3.05, 3.63) is 89.5 Å². The molecule has 2 aliphatic rings. The molecule has 0 atom stereocenters. The van der Waals surface area contributed by atoms with Gasteiger partial charge in [-0.3, -0.25) is 10.0 Å². The van der Waals surface area contributed by atoms with E-state index >= 15 is 0 Å². The third-order valence-corrected chi connectivity index (χ3v) is 5.23. The molecule has 5 rings (SSSR count). The third kappa shape index (κ3) is 2.77. The first-order chi connectivity index (χ1) is 13.8. The number of para-hydroxylation sites is 3. The fourth-order valence-electron chi connectivity index (χ4n) is 3.75. The number of hydrogen-bond acceptors (Lipinski definition) is 4. The maximum Gasteiger partial charge on any atom is 0.274 e. The van der Waals surface area contributed by atoms with Crippen LogP contribution in [-0.4, -0.2) is 22.9 Å². The number of carbonyl (C=O) groups is 1. The fraction of sp³-hybridized carbons (Fsp3) is 0.130. The van der Waals surface area contributed by atoms with Gasteiger partial charge in [-0.1, -0.05) is 42.5 Å². The molecule has 0 aromatic heterocycles. The van der Waals surface area contributed by atoms with Crippen LogP contribution < -0.4 is 10.4 Å². The van der Waals surface area contributed by atoms with E-state index in [1.165, 1.54) is 12.8 Å². The second-order valence-electron chi connectivity index (χ2n) is 7.09. The van der Waals surface area contributed by atoms with E-state index in [-0.39, 0.29) is 0 Å². The van der Waals surface area contributed by atoms with Crippen LogP contribution in [0.4, 0.5) is 17.1 Å². The van der Waals surface area contributed by atoms with Crippen LogP contribution in [0, 0.1) is 0 Å². The smallest absolute Gasteiger partial charge is 0.274 e. The number of anilines is 2. The first kappa shape index (κ1) is 16.7. The lowest BCUT2D eigenvalue weighted by atomic mass is 9.99. The molecule has 0 radical (unpaired) electrons. The van der Waals surface area contributed by atoms with E-state index < -0.39 is 5.91 Å². The summed E-state index contributed by atoms with van der Waals surface area (Å²) in [5.41, 5.74) is 8.17. The summed E-state index contributed by atoms with van der Waals surface area (Å²) in [7, 11) is 0. The second-order valence-corrected chi connectivity index (χ2v) is 7.09. The average molecular weight is 369 g/mol. The van der Waals surface area contributed by atoms with Gasteiger partial charge in [0.2, 0.25) is 0 Å². The van der Waals surface area contributed by atoms with Gasteiger partial charge in [0.15, 0.2) is 0 Å². The molecular weight excluding hydrogens is 350 g/mol. The molecule has 1 heterocycles. The minimum atomic E-state index is -0.528. The molecule has 1 saturated carbocycles. The Balaban J connectivity index is 1.70. The molecule has 0 spiro atoms. The molecule has 0 bridgehead atoms. The monoisotopic (exact) mass is 369 g/mol. The van der Waals surface area contributed by atoms with Crippen molar-refractivity contribution in [2.75, 3.05) is 4.90 Å². The topological polar surface area (TPSA) is 64.9 Å². The van der Waals surface area contributed by atoms with Gasteiger partial charge in [-0.15, -0.1) is 0 Å². The highest BCUT2D eigenvalue weighted by Gasteiger charge is 2.34. The molecule has 2 N–H and O–H groups in total. The Bertz CT molecular complexity index is 1090. The van der Waals surface area contributed by atoms with E-state index in [0.717, 1.165) is 33.9 Å². The van der Waals surface area contributed by atoms with Crippen molar-refractivity contribution in [2.45, 2.75) is 18.9 Å². The summed E-state index contributed by atoms with van der Waals surface area (Å²) in [5, 5.41) is 8.84. The molecule has 1 fully saturated rings. The molecule has 5 heteroatoms. The Labute approximate surface area is 162 Å². The van der Waals surface area contributed by atoms with Crippen LogP contribution in [-0.2, 0) is 0 Å². The highest BCUT2D eigenvalue weighted by atomic mass is 16.5. The van der Waals surface area contributed by atoms with Gasteiger partial charge in [-0.25, -0.2) is 10.5 Å². The highest BCUT2D eigenvalue weighted by molar-refractivity contribution is 6.19. The molecule has 1 amide bonds. The Kier molecular flexibility index (Phi) is 3.95. The number of rotatable bonds is 3. The number of benzene rings is 3. The number of hydroxylamine groups is 1. The van der Waals surface area contributed by atoms with Gasteiger partial charge in [0.25, 0.3) is 5.91 Å². The summed E-state index contributed by atoms with van der Waals surface area (Å²) in [6.07, 6.45) is 2.37. The van der Waals surface area contributed by atoms with Gasteiger partial charge < -0.3 is 4.90 Å². The number of hydrogen-bond donors (Lipinski definition) is 2. The molecule has 1 aliphatic heterocycles. The average Bonchev–Trinajstić information content (AvgIpc) is 3.59. The first-order valence-corrected chi connectivity index (χ1v) is 9.37. The van der Waals surface area contributed by atoms with E-state index in [1.807, 2.05) is 30.3 Å². The number of fused-ring (bicyclic) bond motifs is 2. The lowest BCUT2D eigenvalue weighted by Gasteiger charge is -2.26. The van der Waals surface area contributed by atoms with Crippen molar-refractivity contribution in [3.8, 4) is 0 Å². The van der Waals surface area contributed by atoms with Crippen LogP contribution in [0.25, 0.3) is 0 Å². The van der Waals surface area contributed by atoms with Crippen LogP contribution in [0.2, 0.25) is 0 Å². The number of amides is 1. The largest absolute Gasteiger partial charge is 0.336 e. The zero-order valence-corrected chi connectivity index (χ0v) is 15.2. The summed E-state index contributed by atoms with van der Waals surface area (Å²) >= 11 is 0. The zero-order valence-electron chi connectivity index (χ0n) is 15.2. The normalized spacial score (nSPS) is 15.2. The number of aliphatic imine (C=N–C) groups is 1. The van der Waals surface area contributed by atoms with Gasteiger partial charge in [-0.05, 0) is 43.2 Å². The van der Waals surface area contributed by atoms with Gasteiger partial charge in [0, 0.05) is 22.7 Å². The van der Waals surface area contributed by atoms with Crippen LogP contribution >= 0.6 is 0 Å². The van der Waals surface area contributed by atoms with Crippen molar-refractivity contribution < 1.29 is 10.0 Å². The van der Waals surface area contributed by atoms with E-state index in [4.69, 9.17) is 10.2 Å². The SMILES string of the molecule is O=C(NO)c1ccc(C2=Nc3ccccc3N(C3CC3)c3ccccc32)cc1. The van der Waals surface area contributed by atoms with E-state index in [9.17, 15) is 4.79 Å². The molecular formula is C23H19N3O2. The zero-order chi connectivity index (χ0) is 19.1. The summed E-state index contributed by atoms with van der Waals surface area (Å²) < 4.78 is 0. The molecule has 1 aliphatic carbocycles. The minimum Gasteiger partial charge on any atom is -0.336 e. The maximum absolute atomic E-state index is 11.6. The molecule has 5 nitrogen and oxygen atoms in total. The van der Waals surface area contributed by atoms with E-state index in [1.54, 1.807) is 17.6 Å². The van der Waals surface area contributed by atoms with Gasteiger partial charge >= 0.3 is 0 Å². The molecule has 3 aromatic rings. The predicted octanol–water partition coefficient (Wildman–Crippen LogP) is 4.59. The minimum absolute atomic E-state index is 0.397. The number of nitrogens with one attached hydrogen (secondary N) is 1. The summed E-state index contributed by atoms with van der Waals surface area (Å²) in [4.78, 5) is 19.1. The highest BCUT2D eigenvalue weighted by Crippen LogP contribution is 2.46. The summed E-state index contributed by atoms with van der Waals surface area (Å²) in [6.45, 7) is 0. The van der Waals surface area contributed by atoms with Crippen molar-refractivity contribution in [1.29, 1.82) is 0 Å². The Morgan fingerprint density at radius 2 is 1.61 bits per heavy atom. The number of nitrogens with zero attached hydrogens (tertiary/aromatic N) is 2. The third-order valence-electron chi connectivity index (χ3n) is 5.23. The molecule has 0 saturated heterocycles. The van der Waals surface area contributed by atoms with Crippen molar-refractivity contribution in [1.82, 2.24) is 5.48 Å². The molecule has 28 heavy (non-hydrogen) atoms.